The maximum Gasteiger partial charge on any atom is 0.221 e. The molecule has 0 atom stereocenters. The molecule has 0 amide bonds. The van der Waals surface area contributed by atoms with Crippen LogP contribution in [0.25, 0.3) is 0 Å². The number of nitrogens with zero attached hydrogens (tertiary/aromatic N) is 2. The molecule has 1 heterocycles. The summed E-state index contributed by atoms with van der Waals surface area (Å²) in [4.78, 5) is 0. The summed E-state index contributed by atoms with van der Waals surface area (Å²) >= 11 is 12.0. The Morgan fingerprint density at radius 2 is 1.83 bits per heavy atom. The van der Waals surface area contributed by atoms with Crippen LogP contribution in [0.15, 0.2) is 18.2 Å². The summed E-state index contributed by atoms with van der Waals surface area (Å²) in [7, 11) is 0. The number of aromatic nitrogens is 2. The van der Waals surface area contributed by atoms with Crippen molar-refractivity contribution in [3.05, 3.63) is 39.5 Å². The van der Waals surface area contributed by atoms with E-state index in [0.29, 0.717) is 40.2 Å². The molecule has 0 fully saturated rings. The van der Waals surface area contributed by atoms with E-state index < -0.39 is 0 Å². The Morgan fingerprint density at radius 1 is 1.17 bits per heavy atom. The Bertz CT molecular complexity index is 651. The number of benzene rings is 1. The summed E-state index contributed by atoms with van der Waals surface area (Å²) in [6.07, 6.45) is 1.12. The number of rotatable bonds is 7. The first kappa shape index (κ1) is 18.1. The van der Waals surface area contributed by atoms with Crippen LogP contribution in [0.3, 0.4) is 0 Å². The highest BCUT2D eigenvalue weighted by Gasteiger charge is 2.21. The monoisotopic (exact) mass is 358 g/mol. The minimum atomic E-state index is -0.187. The van der Waals surface area contributed by atoms with Gasteiger partial charge < -0.3 is 14.9 Å². The molecular formula is C16H20Cl2N2O3. The number of halogens is 2. The molecule has 0 bridgehead atoms. The quantitative estimate of drug-likeness (QED) is 0.785. The molecule has 2 N–H and O–H groups in total. The van der Waals surface area contributed by atoms with Gasteiger partial charge in [0.1, 0.15) is 5.75 Å². The second-order valence-corrected chi connectivity index (χ2v) is 6.33. The zero-order chi connectivity index (χ0) is 17.0. The van der Waals surface area contributed by atoms with Gasteiger partial charge in [0.2, 0.25) is 5.88 Å². The highest BCUT2D eigenvalue weighted by atomic mass is 35.5. The van der Waals surface area contributed by atoms with E-state index in [1.807, 2.05) is 13.8 Å². The fourth-order valence-corrected chi connectivity index (χ4v) is 2.80. The average Bonchev–Trinajstić information content (AvgIpc) is 2.82. The van der Waals surface area contributed by atoms with Gasteiger partial charge in [-0.15, -0.1) is 0 Å². The Labute approximate surface area is 145 Å². The summed E-state index contributed by atoms with van der Waals surface area (Å²) in [5, 5.41) is 24.0. The number of hydrogen-bond acceptors (Lipinski definition) is 4. The Morgan fingerprint density at radius 3 is 2.35 bits per heavy atom. The SMILES string of the molecule is CC(C)n1nc(CO)c(CCCO)c1Oc1cc(Cl)cc(Cl)c1. The van der Waals surface area contributed by atoms with E-state index in [0.717, 1.165) is 5.56 Å². The van der Waals surface area contributed by atoms with Crippen LogP contribution in [0, 0.1) is 0 Å². The molecule has 1 aromatic heterocycles. The van der Waals surface area contributed by atoms with E-state index in [1.165, 1.54) is 0 Å². The number of aliphatic hydroxyl groups is 2. The molecule has 0 spiro atoms. The lowest BCUT2D eigenvalue weighted by molar-refractivity contribution is 0.271. The zero-order valence-electron chi connectivity index (χ0n) is 13.1. The minimum absolute atomic E-state index is 0.0489. The van der Waals surface area contributed by atoms with Crippen molar-refractivity contribution in [2.24, 2.45) is 0 Å². The van der Waals surface area contributed by atoms with Gasteiger partial charge in [-0.25, -0.2) is 4.68 Å². The highest BCUT2D eigenvalue weighted by molar-refractivity contribution is 6.34. The van der Waals surface area contributed by atoms with Crippen molar-refractivity contribution in [3.63, 3.8) is 0 Å². The molecule has 0 aliphatic carbocycles. The van der Waals surface area contributed by atoms with E-state index >= 15 is 0 Å². The van der Waals surface area contributed by atoms with E-state index in [1.54, 1.807) is 22.9 Å². The fraction of sp³-hybridized carbons (Fsp3) is 0.438. The smallest absolute Gasteiger partial charge is 0.221 e. The summed E-state index contributed by atoms with van der Waals surface area (Å²) in [5.74, 6) is 1.04. The lowest BCUT2D eigenvalue weighted by atomic mass is 10.1. The van der Waals surface area contributed by atoms with E-state index in [2.05, 4.69) is 5.10 Å². The van der Waals surface area contributed by atoms with Crippen LogP contribution in [0.1, 0.15) is 37.6 Å². The maximum atomic E-state index is 9.56. The van der Waals surface area contributed by atoms with E-state index in [4.69, 9.17) is 33.0 Å². The zero-order valence-corrected chi connectivity index (χ0v) is 14.6. The second-order valence-electron chi connectivity index (χ2n) is 5.46. The normalized spacial score (nSPS) is 11.3. The lowest BCUT2D eigenvalue weighted by Gasteiger charge is -2.14. The van der Waals surface area contributed by atoms with Crippen molar-refractivity contribution >= 4 is 23.2 Å². The first-order valence-electron chi connectivity index (χ1n) is 7.42. The first-order chi connectivity index (χ1) is 11.0. The van der Waals surface area contributed by atoms with Crippen LogP contribution in [0.4, 0.5) is 0 Å². The number of aliphatic hydroxyl groups excluding tert-OH is 2. The maximum absolute atomic E-state index is 9.56. The van der Waals surface area contributed by atoms with Crippen LogP contribution in [-0.4, -0.2) is 26.6 Å². The largest absolute Gasteiger partial charge is 0.439 e. The molecule has 0 saturated carbocycles. The molecule has 0 unspecified atom stereocenters. The third-order valence-corrected chi connectivity index (χ3v) is 3.75. The van der Waals surface area contributed by atoms with Gasteiger partial charge in [-0.05, 0) is 44.9 Å². The van der Waals surface area contributed by atoms with E-state index in [-0.39, 0.29) is 19.3 Å². The molecule has 1 aromatic carbocycles. The standard InChI is InChI=1S/C16H20Cl2N2O3/c1-10(2)20-16(14(4-3-5-21)15(9-22)19-20)23-13-7-11(17)6-12(18)8-13/h6-8,10,21-22H,3-5,9H2,1-2H3. The summed E-state index contributed by atoms with van der Waals surface area (Å²) in [6.45, 7) is 3.82. The minimum Gasteiger partial charge on any atom is -0.439 e. The Hall–Kier alpha value is -1.27. The molecular weight excluding hydrogens is 339 g/mol. The van der Waals surface area contributed by atoms with Gasteiger partial charge in [0.25, 0.3) is 0 Å². The van der Waals surface area contributed by atoms with Gasteiger partial charge in [0.05, 0.1) is 18.3 Å². The van der Waals surface area contributed by atoms with Crippen LogP contribution in [0.5, 0.6) is 11.6 Å². The van der Waals surface area contributed by atoms with Crippen molar-refractivity contribution in [1.82, 2.24) is 9.78 Å². The van der Waals surface area contributed by atoms with Crippen molar-refractivity contribution in [2.75, 3.05) is 6.61 Å². The fourth-order valence-electron chi connectivity index (χ4n) is 2.29. The molecule has 23 heavy (non-hydrogen) atoms. The lowest BCUT2D eigenvalue weighted by Crippen LogP contribution is -2.06. The summed E-state index contributed by atoms with van der Waals surface area (Å²) < 4.78 is 7.70. The topological polar surface area (TPSA) is 67.5 Å². The molecule has 5 nitrogen and oxygen atoms in total. The van der Waals surface area contributed by atoms with Gasteiger partial charge in [0.15, 0.2) is 0 Å². The predicted molar refractivity (Wildman–Crippen MR) is 90.5 cm³/mol. The highest BCUT2D eigenvalue weighted by Crippen LogP contribution is 2.34. The average molecular weight is 359 g/mol. The molecule has 7 heteroatoms. The Balaban J connectivity index is 2.46. The van der Waals surface area contributed by atoms with Gasteiger partial charge in [-0.2, -0.15) is 5.10 Å². The molecule has 0 aliphatic heterocycles. The predicted octanol–water partition coefficient (Wildman–Crippen LogP) is 3.98. The molecule has 2 aromatic rings. The van der Waals surface area contributed by atoms with Crippen LogP contribution >= 0.6 is 23.2 Å². The van der Waals surface area contributed by atoms with Crippen molar-refractivity contribution < 1.29 is 14.9 Å². The van der Waals surface area contributed by atoms with Gasteiger partial charge in [0, 0.05) is 22.2 Å². The Kier molecular flexibility index (Phi) is 6.30. The third-order valence-electron chi connectivity index (χ3n) is 3.32. The molecule has 0 radical (unpaired) electrons. The molecule has 0 aliphatic rings. The van der Waals surface area contributed by atoms with E-state index in [9.17, 15) is 5.11 Å². The van der Waals surface area contributed by atoms with Gasteiger partial charge >= 0.3 is 0 Å². The van der Waals surface area contributed by atoms with Crippen LogP contribution in [-0.2, 0) is 13.0 Å². The first-order valence-corrected chi connectivity index (χ1v) is 8.17. The number of hydrogen-bond donors (Lipinski definition) is 2. The van der Waals surface area contributed by atoms with Gasteiger partial charge in [-0.1, -0.05) is 23.2 Å². The molecule has 0 saturated heterocycles. The molecule has 126 valence electrons. The third kappa shape index (κ3) is 4.38. The van der Waals surface area contributed by atoms with Crippen molar-refractivity contribution in [2.45, 2.75) is 39.3 Å². The summed E-state index contributed by atoms with van der Waals surface area (Å²) in [6, 6.07) is 5.01. The van der Waals surface area contributed by atoms with Crippen LogP contribution in [0.2, 0.25) is 10.0 Å². The second kappa shape index (κ2) is 8.02. The summed E-state index contributed by atoms with van der Waals surface area (Å²) in [5.41, 5.74) is 1.33. The molecule has 2 rings (SSSR count). The van der Waals surface area contributed by atoms with Crippen molar-refractivity contribution in [3.8, 4) is 11.6 Å². The van der Waals surface area contributed by atoms with Gasteiger partial charge in [-0.3, -0.25) is 0 Å². The van der Waals surface area contributed by atoms with Crippen LogP contribution < -0.4 is 4.74 Å². The van der Waals surface area contributed by atoms with Crippen molar-refractivity contribution in [1.29, 1.82) is 0 Å². The number of ether oxygens (including phenoxy) is 1.